The Morgan fingerprint density at radius 3 is 2.29 bits per heavy atom. The zero-order valence-electron chi connectivity index (χ0n) is 21.4. The Kier molecular flexibility index (Phi) is 8.82. The standard InChI is InChI=1S/C28H39N3O4/c1-6-20-13-10-11-18-23(20)24(25(32)30-21-14-8-7-9-15-21)31(22-16-12-17-22)26(33)19(2)29-27(34)35-28(3,4)5/h1,10-11,13,18-19,21-22,24H,7-9,12,14-17H2,2-5H3,(H,29,34)(H,30,32). The van der Waals surface area contributed by atoms with E-state index in [-0.39, 0.29) is 23.9 Å². The molecule has 0 spiro atoms. The Hall–Kier alpha value is -3.01. The summed E-state index contributed by atoms with van der Waals surface area (Å²) in [6, 6.07) is 5.54. The van der Waals surface area contributed by atoms with Crippen molar-refractivity contribution in [1.82, 2.24) is 15.5 Å². The van der Waals surface area contributed by atoms with Crippen LogP contribution in [0.25, 0.3) is 0 Å². The zero-order valence-corrected chi connectivity index (χ0v) is 21.4. The van der Waals surface area contributed by atoms with E-state index in [9.17, 15) is 14.4 Å². The van der Waals surface area contributed by atoms with E-state index in [0.29, 0.717) is 11.1 Å². The molecule has 3 amide bonds. The van der Waals surface area contributed by atoms with E-state index in [1.807, 2.05) is 18.2 Å². The Balaban J connectivity index is 1.93. The number of benzene rings is 1. The summed E-state index contributed by atoms with van der Waals surface area (Å²) in [5.74, 6) is 2.14. The molecule has 190 valence electrons. The number of amides is 3. The SMILES string of the molecule is C#Cc1ccccc1C(C(=O)NC1CCCCC1)N(C(=O)C(C)NC(=O)OC(C)(C)C)C1CCC1. The van der Waals surface area contributed by atoms with E-state index in [4.69, 9.17) is 11.2 Å². The number of terminal acetylenes is 1. The Morgan fingerprint density at radius 2 is 1.71 bits per heavy atom. The number of nitrogens with one attached hydrogen (secondary N) is 2. The third kappa shape index (κ3) is 7.00. The number of carbonyl (C=O) groups excluding carboxylic acids is 3. The molecule has 2 atom stereocenters. The quantitative estimate of drug-likeness (QED) is 0.563. The van der Waals surface area contributed by atoms with Crippen LogP contribution in [0.2, 0.25) is 0 Å². The molecule has 2 aliphatic rings. The highest BCUT2D eigenvalue weighted by molar-refractivity contribution is 5.92. The van der Waals surface area contributed by atoms with E-state index in [1.54, 1.807) is 38.7 Å². The van der Waals surface area contributed by atoms with Crippen molar-refractivity contribution in [3.05, 3.63) is 35.4 Å². The maximum atomic E-state index is 13.8. The second kappa shape index (κ2) is 11.6. The van der Waals surface area contributed by atoms with Gasteiger partial charge in [-0.3, -0.25) is 9.59 Å². The average molecular weight is 482 g/mol. The van der Waals surface area contributed by atoms with E-state index in [0.717, 1.165) is 44.9 Å². The number of nitrogens with zero attached hydrogens (tertiary/aromatic N) is 1. The van der Waals surface area contributed by atoms with E-state index in [1.165, 1.54) is 6.42 Å². The Bertz CT molecular complexity index is 952. The van der Waals surface area contributed by atoms with Crippen LogP contribution in [-0.4, -0.2) is 46.5 Å². The summed E-state index contributed by atoms with van der Waals surface area (Å²) in [5.41, 5.74) is 0.531. The highest BCUT2D eigenvalue weighted by atomic mass is 16.6. The fourth-order valence-electron chi connectivity index (χ4n) is 4.76. The molecule has 2 unspecified atom stereocenters. The maximum Gasteiger partial charge on any atom is 0.408 e. The summed E-state index contributed by atoms with van der Waals surface area (Å²) in [6.07, 6.45) is 12.9. The van der Waals surface area contributed by atoms with Crippen LogP contribution >= 0.6 is 0 Å². The van der Waals surface area contributed by atoms with Crippen LogP contribution in [0.1, 0.15) is 96.2 Å². The van der Waals surface area contributed by atoms with Crippen LogP contribution in [0.5, 0.6) is 0 Å². The lowest BCUT2D eigenvalue weighted by atomic mass is 9.87. The predicted octanol–water partition coefficient (Wildman–Crippen LogP) is 4.45. The summed E-state index contributed by atoms with van der Waals surface area (Å²) >= 11 is 0. The molecule has 0 heterocycles. The summed E-state index contributed by atoms with van der Waals surface area (Å²) in [7, 11) is 0. The molecule has 2 N–H and O–H groups in total. The molecule has 0 radical (unpaired) electrons. The van der Waals surface area contributed by atoms with Crippen LogP contribution in [0.15, 0.2) is 24.3 Å². The molecule has 35 heavy (non-hydrogen) atoms. The first-order chi connectivity index (χ1) is 16.6. The number of hydrogen-bond donors (Lipinski definition) is 2. The molecule has 0 bridgehead atoms. The van der Waals surface area contributed by atoms with Gasteiger partial charge in [-0.2, -0.15) is 0 Å². The number of rotatable bonds is 7. The lowest BCUT2D eigenvalue weighted by molar-refractivity contribution is -0.147. The van der Waals surface area contributed by atoms with E-state index >= 15 is 0 Å². The largest absolute Gasteiger partial charge is 0.444 e. The van der Waals surface area contributed by atoms with Gasteiger partial charge in [0.15, 0.2) is 0 Å². The van der Waals surface area contributed by atoms with Gasteiger partial charge in [0.25, 0.3) is 0 Å². The first-order valence-electron chi connectivity index (χ1n) is 12.8. The first-order valence-corrected chi connectivity index (χ1v) is 12.8. The predicted molar refractivity (Wildman–Crippen MR) is 135 cm³/mol. The molecule has 2 fully saturated rings. The van der Waals surface area contributed by atoms with Gasteiger partial charge in [-0.05, 0) is 71.4 Å². The monoisotopic (exact) mass is 481 g/mol. The highest BCUT2D eigenvalue weighted by Crippen LogP contribution is 2.35. The van der Waals surface area contributed by atoms with Gasteiger partial charge in [0.2, 0.25) is 11.8 Å². The third-order valence-electron chi connectivity index (χ3n) is 6.72. The highest BCUT2D eigenvalue weighted by Gasteiger charge is 2.42. The molecule has 1 aromatic rings. The number of ether oxygens (including phenoxy) is 1. The van der Waals surface area contributed by atoms with Gasteiger partial charge >= 0.3 is 6.09 Å². The smallest absolute Gasteiger partial charge is 0.408 e. The van der Waals surface area contributed by atoms with Crippen molar-refractivity contribution in [2.75, 3.05) is 0 Å². The molecule has 7 heteroatoms. The maximum absolute atomic E-state index is 13.8. The van der Waals surface area contributed by atoms with E-state index < -0.39 is 23.8 Å². The van der Waals surface area contributed by atoms with Crippen molar-refractivity contribution in [3.8, 4) is 12.3 Å². The van der Waals surface area contributed by atoms with Gasteiger partial charge in [-0.25, -0.2) is 4.79 Å². The summed E-state index contributed by atoms with van der Waals surface area (Å²) in [6.45, 7) is 6.92. The van der Waals surface area contributed by atoms with E-state index in [2.05, 4.69) is 16.6 Å². The van der Waals surface area contributed by atoms with Crippen molar-refractivity contribution in [2.45, 2.75) is 109 Å². The van der Waals surface area contributed by atoms with Crippen LogP contribution in [-0.2, 0) is 14.3 Å². The minimum atomic E-state index is -0.870. The van der Waals surface area contributed by atoms with Crippen molar-refractivity contribution < 1.29 is 19.1 Å². The fraction of sp³-hybridized carbons (Fsp3) is 0.607. The van der Waals surface area contributed by atoms with Crippen LogP contribution < -0.4 is 10.6 Å². The van der Waals surface area contributed by atoms with Gasteiger partial charge in [0.1, 0.15) is 17.7 Å². The molecule has 1 aromatic carbocycles. The van der Waals surface area contributed by atoms with Gasteiger partial charge in [-0.15, -0.1) is 6.42 Å². The molecular weight excluding hydrogens is 442 g/mol. The zero-order chi connectivity index (χ0) is 25.6. The first kappa shape index (κ1) is 26.6. The summed E-state index contributed by atoms with van der Waals surface area (Å²) in [4.78, 5) is 41.7. The van der Waals surface area contributed by atoms with Crippen LogP contribution in [0, 0.1) is 12.3 Å². The normalized spacial score (nSPS) is 18.4. The Labute approximate surface area is 209 Å². The minimum absolute atomic E-state index is 0.0902. The third-order valence-corrected chi connectivity index (χ3v) is 6.72. The summed E-state index contributed by atoms with van der Waals surface area (Å²) in [5, 5.41) is 5.86. The molecule has 0 aromatic heterocycles. The van der Waals surface area contributed by atoms with Crippen molar-refractivity contribution in [3.63, 3.8) is 0 Å². The van der Waals surface area contributed by atoms with Crippen molar-refractivity contribution >= 4 is 17.9 Å². The molecule has 3 rings (SSSR count). The topological polar surface area (TPSA) is 87.7 Å². The molecule has 2 saturated carbocycles. The van der Waals surface area contributed by atoms with Crippen molar-refractivity contribution in [2.24, 2.45) is 0 Å². The molecule has 7 nitrogen and oxygen atoms in total. The second-order valence-corrected chi connectivity index (χ2v) is 10.7. The summed E-state index contributed by atoms with van der Waals surface area (Å²) < 4.78 is 5.34. The lowest BCUT2D eigenvalue weighted by Gasteiger charge is -2.44. The molecular formula is C28H39N3O4. The second-order valence-electron chi connectivity index (χ2n) is 10.7. The van der Waals surface area contributed by atoms with Gasteiger partial charge in [0.05, 0.1) is 0 Å². The lowest BCUT2D eigenvalue weighted by Crippen LogP contribution is -2.57. The molecule has 0 saturated heterocycles. The van der Waals surface area contributed by atoms with Gasteiger partial charge in [-0.1, -0.05) is 43.4 Å². The molecule has 2 aliphatic carbocycles. The van der Waals surface area contributed by atoms with Crippen molar-refractivity contribution in [1.29, 1.82) is 0 Å². The van der Waals surface area contributed by atoms with Gasteiger partial charge in [0, 0.05) is 17.6 Å². The number of carbonyl (C=O) groups is 3. The number of hydrogen-bond acceptors (Lipinski definition) is 4. The Morgan fingerprint density at radius 1 is 1.06 bits per heavy atom. The average Bonchev–Trinajstić information content (AvgIpc) is 2.76. The molecule has 0 aliphatic heterocycles. The van der Waals surface area contributed by atoms with Gasteiger partial charge < -0.3 is 20.3 Å². The van der Waals surface area contributed by atoms with Crippen LogP contribution in [0.3, 0.4) is 0 Å². The number of alkyl carbamates (subject to hydrolysis) is 1. The minimum Gasteiger partial charge on any atom is -0.444 e. The van der Waals surface area contributed by atoms with Crippen LogP contribution in [0.4, 0.5) is 4.79 Å². The fourth-order valence-corrected chi connectivity index (χ4v) is 4.76.